The van der Waals surface area contributed by atoms with Gasteiger partial charge in [0.05, 0.1) is 30.0 Å². The molecule has 0 radical (unpaired) electrons. The number of sulfonamides is 1. The van der Waals surface area contributed by atoms with E-state index in [2.05, 4.69) is 24.5 Å². The van der Waals surface area contributed by atoms with Gasteiger partial charge in [0, 0.05) is 43.7 Å². The highest BCUT2D eigenvalue weighted by Crippen LogP contribution is 2.45. The van der Waals surface area contributed by atoms with E-state index in [4.69, 9.17) is 13.8 Å². The third-order valence-electron chi connectivity index (χ3n) is 9.63. The summed E-state index contributed by atoms with van der Waals surface area (Å²) in [7, 11) is -10.5. The molecule has 3 aliphatic rings. The highest BCUT2D eigenvalue weighted by molar-refractivity contribution is 7.89. The fourth-order valence-electron chi connectivity index (χ4n) is 7.00. The normalized spacial score (nSPS) is 20.2. The first-order valence-corrected chi connectivity index (χ1v) is 23.3. The zero-order valence-corrected chi connectivity index (χ0v) is 34.3. The minimum atomic E-state index is -3.67. The number of ether oxygens (including phenoxy) is 1. The topological polar surface area (TPSA) is 217 Å². The van der Waals surface area contributed by atoms with Crippen molar-refractivity contribution in [2.24, 2.45) is 11.3 Å². The maximum Gasteiger partial charge on any atom is 0.261 e. The molecule has 0 unspecified atom stereocenters. The van der Waals surface area contributed by atoms with Crippen LogP contribution in [-0.4, -0.2) is 130 Å². The maximum absolute atomic E-state index is 14.2. The van der Waals surface area contributed by atoms with Crippen LogP contribution < -0.4 is 14.4 Å². The van der Waals surface area contributed by atoms with Crippen molar-refractivity contribution in [3.8, 4) is 11.5 Å². The van der Waals surface area contributed by atoms with Gasteiger partial charge in [-0.15, -0.1) is 0 Å². The smallest absolute Gasteiger partial charge is 0.261 e. The number of hydrogen-bond donors (Lipinski definition) is 3. The molecular weight excluding hydrogens is 768 g/mol. The van der Waals surface area contributed by atoms with Crippen LogP contribution >= 0.6 is 0 Å². The van der Waals surface area contributed by atoms with Crippen molar-refractivity contribution < 1.29 is 48.3 Å². The Balaban J connectivity index is 0.000000695. The van der Waals surface area contributed by atoms with E-state index in [9.17, 15) is 34.4 Å². The third kappa shape index (κ3) is 14.9. The number of anilines is 1. The zero-order chi connectivity index (χ0) is 40.5. The van der Waals surface area contributed by atoms with Gasteiger partial charge in [-0.25, -0.2) is 27.5 Å². The van der Waals surface area contributed by atoms with Crippen molar-refractivity contribution in [3.63, 3.8) is 0 Å². The molecule has 0 atom stereocenters. The number of halogens is 1. The molecule has 306 valence electrons. The molecule has 5 rings (SSSR count). The molecule has 3 fully saturated rings. The molecule has 2 aromatic rings. The largest absolute Gasteiger partial charge is 0.451 e. The molecule has 1 spiro atoms. The van der Waals surface area contributed by atoms with Crippen molar-refractivity contribution in [3.05, 3.63) is 42.1 Å². The van der Waals surface area contributed by atoms with Crippen molar-refractivity contribution in [1.29, 1.82) is 0 Å². The molecule has 1 aliphatic carbocycles. The molecular formula is C34H55FN6O10S3. The van der Waals surface area contributed by atoms with E-state index in [1.807, 2.05) is 20.8 Å². The first kappa shape index (κ1) is 45.4. The van der Waals surface area contributed by atoms with Crippen LogP contribution in [0.3, 0.4) is 0 Å². The Kier molecular flexibility index (Phi) is 16.2. The van der Waals surface area contributed by atoms with E-state index in [1.165, 1.54) is 24.5 Å². The number of amides is 1. The summed E-state index contributed by atoms with van der Waals surface area (Å²) < 4.78 is 98.9. The van der Waals surface area contributed by atoms with Crippen LogP contribution in [0.5, 0.6) is 11.5 Å². The van der Waals surface area contributed by atoms with Crippen molar-refractivity contribution in [1.82, 2.24) is 24.5 Å². The number of nitrogens with one attached hydrogen (secondary N) is 1. The SMILES string of the molecule is CCN(C(=O)c1cc(F)ccc1Oc1cncnc1N1CC2(CCN(C[C@H]3CC[C@H](NS(=O)(=O)CC)CC3)CC2)C1)C(C)C.CS(=O)(=O)O.CS(=O)(=O)O. The average Bonchev–Trinajstić information content (AvgIpc) is 3.05. The quantitative estimate of drug-likeness (QED) is 0.276. The minimum Gasteiger partial charge on any atom is -0.451 e. The van der Waals surface area contributed by atoms with Crippen LogP contribution in [0.1, 0.15) is 76.6 Å². The molecule has 0 bridgehead atoms. The molecule has 1 aromatic heterocycles. The van der Waals surface area contributed by atoms with Crippen LogP contribution in [-0.2, 0) is 30.3 Å². The number of carbonyl (C=O) groups excluding carboxylic acids is 1. The Labute approximate surface area is 319 Å². The highest BCUT2D eigenvalue weighted by Gasteiger charge is 2.46. The molecule has 2 saturated heterocycles. The highest BCUT2D eigenvalue weighted by atomic mass is 32.2. The number of nitrogens with zero attached hydrogens (tertiary/aromatic N) is 5. The van der Waals surface area contributed by atoms with Crippen molar-refractivity contribution in [2.75, 3.05) is 62.4 Å². The van der Waals surface area contributed by atoms with E-state index in [-0.39, 0.29) is 40.5 Å². The molecule has 1 aromatic carbocycles. The lowest BCUT2D eigenvalue weighted by Crippen LogP contribution is -2.61. The van der Waals surface area contributed by atoms with E-state index < -0.39 is 36.1 Å². The summed E-state index contributed by atoms with van der Waals surface area (Å²) in [6.07, 6.45) is 10.8. The monoisotopic (exact) mass is 822 g/mol. The summed E-state index contributed by atoms with van der Waals surface area (Å²) >= 11 is 0. The number of rotatable bonds is 11. The summed E-state index contributed by atoms with van der Waals surface area (Å²) in [5.41, 5.74) is 0.420. The first-order valence-electron chi connectivity index (χ1n) is 17.9. The molecule has 54 heavy (non-hydrogen) atoms. The summed E-state index contributed by atoms with van der Waals surface area (Å²) in [6, 6.07) is 4.08. The lowest BCUT2D eigenvalue weighted by Gasteiger charge is -2.54. The predicted octanol–water partition coefficient (Wildman–Crippen LogP) is 3.69. The van der Waals surface area contributed by atoms with E-state index in [1.54, 1.807) is 18.0 Å². The van der Waals surface area contributed by atoms with Gasteiger partial charge in [0.25, 0.3) is 26.1 Å². The Morgan fingerprint density at radius 3 is 2.09 bits per heavy atom. The van der Waals surface area contributed by atoms with Gasteiger partial charge >= 0.3 is 0 Å². The summed E-state index contributed by atoms with van der Waals surface area (Å²) in [4.78, 5) is 28.5. The predicted molar refractivity (Wildman–Crippen MR) is 204 cm³/mol. The lowest BCUT2D eigenvalue weighted by atomic mass is 9.71. The Hall–Kier alpha value is -3.01. The van der Waals surface area contributed by atoms with Gasteiger partial charge in [-0.1, -0.05) is 0 Å². The number of aromatic nitrogens is 2. The van der Waals surface area contributed by atoms with Gasteiger partial charge in [-0.3, -0.25) is 13.9 Å². The van der Waals surface area contributed by atoms with Crippen LogP contribution in [0.15, 0.2) is 30.7 Å². The number of carbonyl (C=O) groups is 1. The molecule has 3 heterocycles. The van der Waals surface area contributed by atoms with E-state index >= 15 is 0 Å². The standard InChI is InChI=1S/C32H47FN6O4S.2CH4O3S/c1-5-39(23(3)4)31(40)27-17-25(33)9-12-28(27)43-29-18-34-22-35-30(29)38-20-32(21-38)13-15-37(16-14-32)19-24-7-10-26(11-8-24)36-44(41,42)6-2;2*1-5(2,3)4/h9,12,17-18,22-24,26,36H,5-8,10-11,13-16,19-21H2,1-4H3;2*1H3,(H,2,3,4)/t24-,26-;;. The molecule has 1 amide bonds. The Morgan fingerprint density at radius 1 is 1.00 bits per heavy atom. The van der Waals surface area contributed by atoms with E-state index in [0.29, 0.717) is 36.5 Å². The second kappa shape index (κ2) is 19.2. The number of piperidine rings is 1. The summed E-state index contributed by atoms with van der Waals surface area (Å²) in [5, 5.41) is 0. The average molecular weight is 823 g/mol. The Bertz CT molecular complexity index is 1830. The van der Waals surface area contributed by atoms with Crippen LogP contribution in [0.4, 0.5) is 10.2 Å². The Morgan fingerprint density at radius 2 is 1.57 bits per heavy atom. The fourth-order valence-corrected chi connectivity index (χ4v) is 7.91. The maximum atomic E-state index is 14.2. The van der Waals surface area contributed by atoms with Crippen LogP contribution in [0, 0.1) is 17.2 Å². The van der Waals surface area contributed by atoms with Crippen molar-refractivity contribution in [2.45, 2.75) is 78.3 Å². The second-order valence-corrected chi connectivity index (χ2v) is 19.5. The molecule has 2 aliphatic heterocycles. The first-order chi connectivity index (χ1) is 25.0. The summed E-state index contributed by atoms with van der Waals surface area (Å²) in [5.74, 6) is 1.41. The number of benzene rings is 1. The third-order valence-corrected chi connectivity index (χ3v) is 11.1. The van der Waals surface area contributed by atoms with Gasteiger partial charge in [0.15, 0.2) is 11.6 Å². The zero-order valence-electron chi connectivity index (χ0n) is 31.8. The van der Waals surface area contributed by atoms with E-state index in [0.717, 1.165) is 71.2 Å². The van der Waals surface area contributed by atoms with Crippen molar-refractivity contribution >= 4 is 42.0 Å². The number of likely N-dealkylation sites (tertiary alicyclic amines) is 1. The van der Waals surface area contributed by atoms with Crippen LogP contribution in [0.25, 0.3) is 0 Å². The molecule has 3 N–H and O–H groups in total. The van der Waals surface area contributed by atoms with Gasteiger partial charge in [-0.05, 0) is 103 Å². The van der Waals surface area contributed by atoms with Gasteiger partial charge in [-0.2, -0.15) is 16.8 Å². The van der Waals surface area contributed by atoms with Gasteiger partial charge in [0.2, 0.25) is 10.0 Å². The molecule has 16 nitrogen and oxygen atoms in total. The second-order valence-electron chi connectivity index (χ2n) is 14.5. The number of hydrogen-bond acceptors (Lipinski definition) is 12. The van der Waals surface area contributed by atoms with Crippen LogP contribution in [0.2, 0.25) is 0 Å². The molecule has 1 saturated carbocycles. The minimum absolute atomic E-state index is 0.0352. The van der Waals surface area contributed by atoms with Gasteiger partial charge in [0.1, 0.15) is 17.9 Å². The molecule has 20 heteroatoms. The van der Waals surface area contributed by atoms with Gasteiger partial charge < -0.3 is 19.4 Å². The lowest BCUT2D eigenvalue weighted by molar-refractivity contribution is 0.0618. The fraction of sp³-hybridized carbons (Fsp3) is 0.676. The summed E-state index contributed by atoms with van der Waals surface area (Å²) in [6.45, 7) is 12.9.